The maximum atomic E-state index is 13.0. The molecule has 3 aromatic rings. The van der Waals surface area contributed by atoms with Gasteiger partial charge in [-0.2, -0.15) is 13.2 Å². The van der Waals surface area contributed by atoms with E-state index in [1.54, 1.807) is 6.07 Å². The van der Waals surface area contributed by atoms with Crippen LogP contribution in [0.4, 0.5) is 33.5 Å². The zero-order chi connectivity index (χ0) is 23.5. The highest BCUT2D eigenvalue weighted by atomic mass is 19.4. The van der Waals surface area contributed by atoms with Crippen LogP contribution in [0.5, 0.6) is 0 Å². The molecule has 5 heterocycles. The molecule has 0 saturated carbocycles. The molecule has 2 saturated heterocycles. The number of aromatic nitrogens is 5. The second kappa shape index (κ2) is 7.39. The molecule has 0 aromatic carbocycles. The van der Waals surface area contributed by atoms with E-state index < -0.39 is 30.5 Å². The summed E-state index contributed by atoms with van der Waals surface area (Å²) in [6.07, 6.45) is -3.72. The van der Waals surface area contributed by atoms with Crippen molar-refractivity contribution in [1.29, 1.82) is 0 Å². The van der Waals surface area contributed by atoms with Gasteiger partial charge in [0.2, 0.25) is 0 Å². The summed E-state index contributed by atoms with van der Waals surface area (Å²) in [5.41, 5.74) is -0.833. The largest absolute Gasteiger partial charge is 0.433 e. The number of imidazole rings is 1. The first-order chi connectivity index (χ1) is 15.6. The van der Waals surface area contributed by atoms with E-state index in [9.17, 15) is 26.7 Å². The second-order valence-electron chi connectivity index (χ2n) is 8.64. The third-order valence-electron chi connectivity index (χ3n) is 6.35. The fraction of sp³-hybridized carbons (Fsp3) is 0.500. The van der Waals surface area contributed by atoms with Crippen LogP contribution in [0.1, 0.15) is 12.1 Å². The average molecular weight is 469 g/mol. The minimum Gasteiger partial charge on any atom is -0.370 e. The van der Waals surface area contributed by atoms with Crippen molar-refractivity contribution in [3.63, 3.8) is 0 Å². The molecule has 33 heavy (non-hydrogen) atoms. The van der Waals surface area contributed by atoms with Crippen molar-refractivity contribution >= 4 is 22.8 Å². The monoisotopic (exact) mass is 469 g/mol. The van der Waals surface area contributed by atoms with Crippen molar-refractivity contribution in [2.75, 3.05) is 36.0 Å². The molecule has 8 nitrogen and oxygen atoms in total. The number of pyridine rings is 1. The smallest absolute Gasteiger partial charge is 0.370 e. The molecule has 13 heteroatoms. The Morgan fingerprint density at radius 3 is 2.55 bits per heavy atom. The summed E-state index contributed by atoms with van der Waals surface area (Å²) in [4.78, 5) is 28.3. The Morgan fingerprint density at radius 1 is 1.12 bits per heavy atom. The van der Waals surface area contributed by atoms with E-state index in [2.05, 4.69) is 15.0 Å². The van der Waals surface area contributed by atoms with Gasteiger partial charge in [-0.1, -0.05) is 0 Å². The quantitative estimate of drug-likeness (QED) is 0.547. The van der Waals surface area contributed by atoms with Crippen molar-refractivity contribution in [2.45, 2.75) is 25.6 Å². The molecule has 0 amide bonds. The number of alkyl halides is 5. The minimum atomic E-state index is -4.50. The summed E-state index contributed by atoms with van der Waals surface area (Å²) in [5.74, 6) is 0.481. The Morgan fingerprint density at radius 2 is 1.85 bits per heavy atom. The van der Waals surface area contributed by atoms with Gasteiger partial charge in [0.15, 0.2) is 11.3 Å². The van der Waals surface area contributed by atoms with Crippen LogP contribution in [0.3, 0.4) is 0 Å². The molecular weight excluding hydrogens is 449 g/mol. The third kappa shape index (κ3) is 3.68. The van der Waals surface area contributed by atoms with Crippen LogP contribution in [0, 0.1) is 5.41 Å². The summed E-state index contributed by atoms with van der Waals surface area (Å²) in [5, 5.41) is 0. The van der Waals surface area contributed by atoms with E-state index >= 15 is 0 Å². The first kappa shape index (κ1) is 21.6. The molecular formula is C20H20F5N7O. The minimum absolute atomic E-state index is 0.105. The van der Waals surface area contributed by atoms with E-state index in [4.69, 9.17) is 0 Å². The van der Waals surface area contributed by atoms with Gasteiger partial charge in [-0.15, -0.1) is 0 Å². The molecule has 176 valence electrons. The van der Waals surface area contributed by atoms with Crippen LogP contribution in [0.15, 0.2) is 29.3 Å². The molecule has 0 aliphatic carbocycles. The Labute approximate surface area is 184 Å². The Kier molecular flexibility index (Phi) is 4.83. The van der Waals surface area contributed by atoms with Crippen LogP contribution in [-0.4, -0.2) is 56.7 Å². The Bertz CT molecular complexity index is 1260. The summed E-state index contributed by atoms with van der Waals surface area (Å²) in [7, 11) is 1.46. The number of halogens is 5. The van der Waals surface area contributed by atoms with Crippen LogP contribution < -0.4 is 15.5 Å². The molecule has 1 spiro atoms. The van der Waals surface area contributed by atoms with Gasteiger partial charge in [0.1, 0.15) is 11.5 Å². The highest BCUT2D eigenvalue weighted by molar-refractivity contribution is 5.69. The van der Waals surface area contributed by atoms with Gasteiger partial charge in [0, 0.05) is 50.5 Å². The summed E-state index contributed by atoms with van der Waals surface area (Å²) in [6.45, 7) is 1.65. The number of hydrogen-bond donors (Lipinski definition) is 0. The lowest BCUT2D eigenvalue weighted by Gasteiger charge is -2.49. The Hall–Kier alpha value is -3.25. The number of hydrogen-bond acceptors (Lipinski definition) is 6. The maximum Gasteiger partial charge on any atom is 0.433 e. The molecule has 0 N–H and O–H groups in total. The predicted molar refractivity (Wildman–Crippen MR) is 109 cm³/mol. The van der Waals surface area contributed by atoms with Gasteiger partial charge >= 0.3 is 11.9 Å². The van der Waals surface area contributed by atoms with Crippen LogP contribution in [0.25, 0.3) is 11.3 Å². The molecule has 3 aromatic heterocycles. The first-order valence-electron chi connectivity index (χ1n) is 10.3. The number of rotatable bonds is 4. The average Bonchev–Trinajstić information content (AvgIpc) is 3.28. The van der Waals surface area contributed by atoms with E-state index in [0.717, 1.165) is 23.3 Å². The predicted octanol–water partition coefficient (Wildman–Crippen LogP) is 2.53. The molecule has 0 bridgehead atoms. The lowest BCUT2D eigenvalue weighted by Crippen LogP contribution is -2.57. The van der Waals surface area contributed by atoms with Gasteiger partial charge in [-0.05, 0) is 18.6 Å². The topological polar surface area (TPSA) is 72.1 Å². The van der Waals surface area contributed by atoms with Crippen molar-refractivity contribution in [2.24, 2.45) is 12.5 Å². The first-order valence-corrected chi connectivity index (χ1v) is 10.3. The van der Waals surface area contributed by atoms with Crippen LogP contribution >= 0.6 is 0 Å². The SMILES string of the molecule is Cn1c(=O)n(CC(F)F)c2nc(N3CCC4(CN(c5ccnc(C(F)(F)F)c5)C4)C3)cnc21. The fourth-order valence-corrected chi connectivity index (χ4v) is 4.70. The van der Waals surface area contributed by atoms with Crippen LogP contribution in [-0.2, 0) is 19.8 Å². The lowest BCUT2D eigenvalue weighted by molar-refractivity contribution is -0.141. The van der Waals surface area contributed by atoms with Crippen molar-refractivity contribution < 1.29 is 22.0 Å². The molecule has 5 rings (SSSR count). The van der Waals surface area contributed by atoms with Gasteiger partial charge in [-0.25, -0.2) is 23.5 Å². The fourth-order valence-electron chi connectivity index (χ4n) is 4.70. The highest BCUT2D eigenvalue weighted by Gasteiger charge is 2.48. The second-order valence-corrected chi connectivity index (χ2v) is 8.64. The standard InChI is InChI=1S/C20H20F5N7O/c1-29-16-17(32(18(29)33)8-14(21)22)28-15(7-27-16)30-5-3-19(9-30)10-31(11-19)12-2-4-26-13(6-12)20(23,24)25/h2,4,6-7,14H,3,5,8-11H2,1H3. The van der Waals surface area contributed by atoms with E-state index in [1.807, 2.05) is 9.80 Å². The molecule has 2 fully saturated rings. The molecule has 0 unspecified atom stereocenters. The zero-order valence-electron chi connectivity index (χ0n) is 17.6. The molecule has 0 atom stereocenters. The van der Waals surface area contributed by atoms with Gasteiger partial charge in [0.05, 0.1) is 12.7 Å². The number of anilines is 2. The number of nitrogens with zero attached hydrogens (tertiary/aromatic N) is 7. The lowest BCUT2D eigenvalue weighted by atomic mass is 9.79. The van der Waals surface area contributed by atoms with E-state index in [-0.39, 0.29) is 16.7 Å². The van der Waals surface area contributed by atoms with Crippen LogP contribution in [0.2, 0.25) is 0 Å². The van der Waals surface area contributed by atoms with E-state index in [0.29, 0.717) is 37.7 Å². The van der Waals surface area contributed by atoms with Gasteiger partial charge in [-0.3, -0.25) is 14.1 Å². The van der Waals surface area contributed by atoms with Crippen molar-refractivity contribution in [3.05, 3.63) is 40.7 Å². The van der Waals surface area contributed by atoms with Gasteiger partial charge in [0.25, 0.3) is 6.43 Å². The maximum absolute atomic E-state index is 13.0. The molecule has 0 radical (unpaired) electrons. The number of fused-ring (bicyclic) bond motifs is 1. The number of aryl methyl sites for hydroxylation is 1. The zero-order valence-corrected chi connectivity index (χ0v) is 17.6. The van der Waals surface area contributed by atoms with Crippen molar-refractivity contribution in [1.82, 2.24) is 24.1 Å². The third-order valence-corrected chi connectivity index (χ3v) is 6.35. The molecule has 2 aliphatic rings. The molecule has 2 aliphatic heterocycles. The Balaban J connectivity index is 1.34. The van der Waals surface area contributed by atoms with E-state index in [1.165, 1.54) is 17.8 Å². The summed E-state index contributed by atoms with van der Waals surface area (Å²) >= 11 is 0. The highest BCUT2D eigenvalue weighted by Crippen LogP contribution is 2.43. The van der Waals surface area contributed by atoms with Crippen molar-refractivity contribution in [3.8, 4) is 0 Å². The normalized spacial score (nSPS) is 18.0. The van der Waals surface area contributed by atoms with Gasteiger partial charge < -0.3 is 9.80 Å². The summed E-state index contributed by atoms with van der Waals surface area (Å²) in [6, 6.07) is 2.61. The summed E-state index contributed by atoms with van der Waals surface area (Å²) < 4.78 is 66.9.